The van der Waals surface area contributed by atoms with Crippen molar-refractivity contribution in [3.8, 4) is 5.75 Å². The van der Waals surface area contributed by atoms with Crippen LogP contribution in [-0.2, 0) is 16.3 Å². The van der Waals surface area contributed by atoms with Crippen molar-refractivity contribution in [3.05, 3.63) is 29.3 Å². The van der Waals surface area contributed by atoms with E-state index in [1.165, 1.54) is 11.8 Å². The van der Waals surface area contributed by atoms with Crippen molar-refractivity contribution >= 4 is 9.84 Å². The molecular formula is C15H24N2O3S. The van der Waals surface area contributed by atoms with Crippen molar-refractivity contribution in [3.63, 3.8) is 0 Å². The Hall–Kier alpha value is -1.11. The second-order valence-corrected chi connectivity index (χ2v) is 8.07. The molecule has 118 valence electrons. The molecule has 2 rings (SSSR count). The third-order valence-electron chi connectivity index (χ3n) is 4.21. The van der Waals surface area contributed by atoms with Crippen molar-refractivity contribution in [1.82, 2.24) is 4.90 Å². The molecule has 2 unspecified atom stereocenters. The summed E-state index contributed by atoms with van der Waals surface area (Å²) in [6.07, 6.45) is 3.14. The molecule has 6 heteroatoms. The van der Waals surface area contributed by atoms with Gasteiger partial charge in [-0.1, -0.05) is 6.07 Å². The number of nitrogens with zero attached hydrogens (tertiary/aromatic N) is 1. The Morgan fingerprint density at radius 2 is 2.14 bits per heavy atom. The maximum absolute atomic E-state index is 11.3. The highest BCUT2D eigenvalue weighted by molar-refractivity contribution is 7.90. The monoisotopic (exact) mass is 312 g/mol. The van der Waals surface area contributed by atoms with Crippen LogP contribution in [0.2, 0.25) is 0 Å². The molecule has 0 amide bonds. The Morgan fingerprint density at radius 3 is 2.76 bits per heavy atom. The molecule has 1 aliphatic carbocycles. The van der Waals surface area contributed by atoms with Crippen LogP contribution in [0.1, 0.15) is 23.6 Å². The molecule has 0 bridgehead atoms. The van der Waals surface area contributed by atoms with Gasteiger partial charge >= 0.3 is 0 Å². The third-order valence-corrected chi connectivity index (χ3v) is 5.14. The van der Waals surface area contributed by atoms with Crippen LogP contribution in [-0.4, -0.2) is 52.1 Å². The molecule has 1 aromatic rings. The zero-order valence-electron chi connectivity index (χ0n) is 12.9. The van der Waals surface area contributed by atoms with Crippen molar-refractivity contribution in [2.24, 2.45) is 5.73 Å². The van der Waals surface area contributed by atoms with Gasteiger partial charge in [-0.15, -0.1) is 0 Å². The Kier molecular flexibility index (Phi) is 4.91. The van der Waals surface area contributed by atoms with Gasteiger partial charge in [-0.05, 0) is 43.1 Å². The molecule has 2 N–H and O–H groups in total. The van der Waals surface area contributed by atoms with Crippen LogP contribution in [0, 0.1) is 0 Å². The van der Waals surface area contributed by atoms with Gasteiger partial charge in [0.2, 0.25) is 0 Å². The highest BCUT2D eigenvalue weighted by atomic mass is 32.2. The normalized spacial score (nSPS) is 22.1. The van der Waals surface area contributed by atoms with Gasteiger partial charge in [0.25, 0.3) is 0 Å². The number of fused-ring (bicyclic) bond motifs is 1. The number of hydrogen-bond donors (Lipinski definition) is 1. The van der Waals surface area contributed by atoms with Crippen LogP contribution < -0.4 is 10.5 Å². The minimum atomic E-state index is -2.94. The third kappa shape index (κ3) is 3.96. The van der Waals surface area contributed by atoms with Gasteiger partial charge in [0.1, 0.15) is 15.6 Å². The maximum atomic E-state index is 11.3. The van der Waals surface area contributed by atoms with E-state index >= 15 is 0 Å². The number of rotatable bonds is 5. The van der Waals surface area contributed by atoms with Gasteiger partial charge < -0.3 is 15.4 Å². The van der Waals surface area contributed by atoms with Crippen molar-refractivity contribution in [1.29, 1.82) is 0 Å². The number of benzene rings is 1. The molecule has 21 heavy (non-hydrogen) atoms. The summed E-state index contributed by atoms with van der Waals surface area (Å²) in [5.41, 5.74) is 8.76. The number of aryl methyl sites for hydroxylation is 1. The average molecular weight is 312 g/mol. The predicted molar refractivity (Wildman–Crippen MR) is 84.4 cm³/mol. The summed E-state index contributed by atoms with van der Waals surface area (Å²) in [5, 5.41) is 0. The van der Waals surface area contributed by atoms with Gasteiger partial charge in [0.05, 0.1) is 12.9 Å². The first-order valence-electron chi connectivity index (χ1n) is 7.12. The lowest BCUT2D eigenvalue weighted by Crippen LogP contribution is -2.45. The summed E-state index contributed by atoms with van der Waals surface area (Å²) in [6.45, 7) is 0.517. The Labute approximate surface area is 127 Å². The van der Waals surface area contributed by atoms with Gasteiger partial charge in [-0.2, -0.15) is 0 Å². The number of nitrogens with two attached hydrogens (primary N) is 1. The number of methoxy groups -OCH3 is 1. The molecule has 1 aliphatic rings. The summed E-state index contributed by atoms with van der Waals surface area (Å²) in [6, 6.07) is 6.08. The van der Waals surface area contributed by atoms with E-state index in [9.17, 15) is 8.42 Å². The Balaban J connectivity index is 2.11. The molecule has 0 aromatic heterocycles. The van der Waals surface area contributed by atoms with E-state index < -0.39 is 9.84 Å². The fourth-order valence-electron chi connectivity index (χ4n) is 2.91. The van der Waals surface area contributed by atoms with Crippen LogP contribution in [0.4, 0.5) is 0 Å². The number of likely N-dealkylation sites (N-methyl/N-ethyl adjacent to an activating group) is 1. The maximum Gasteiger partial charge on any atom is 0.148 e. The van der Waals surface area contributed by atoms with Crippen molar-refractivity contribution in [2.75, 3.05) is 32.7 Å². The smallest absolute Gasteiger partial charge is 0.148 e. The van der Waals surface area contributed by atoms with E-state index in [1.807, 2.05) is 25.2 Å². The molecule has 0 radical (unpaired) electrons. The molecule has 0 saturated heterocycles. The summed E-state index contributed by atoms with van der Waals surface area (Å²) < 4.78 is 27.8. The highest BCUT2D eigenvalue weighted by Crippen LogP contribution is 2.33. The summed E-state index contributed by atoms with van der Waals surface area (Å²) in [4.78, 5) is 2.07. The standard InChI is InChI=1S/C15H24N2O3S/c1-17(8-9-21(3,18)19)14-7-4-11-10-12(20-2)5-6-13(11)15(14)16/h5-6,10,14-15H,4,7-9,16H2,1-3H3. The average Bonchev–Trinajstić information content (AvgIpc) is 2.44. The lowest BCUT2D eigenvalue weighted by Gasteiger charge is -2.37. The van der Waals surface area contributed by atoms with E-state index in [2.05, 4.69) is 4.90 Å². The van der Waals surface area contributed by atoms with E-state index in [0.29, 0.717) is 6.54 Å². The van der Waals surface area contributed by atoms with Gasteiger partial charge in [-0.25, -0.2) is 8.42 Å². The minimum Gasteiger partial charge on any atom is -0.497 e. The molecule has 2 atom stereocenters. The first kappa shape index (κ1) is 16.3. The molecule has 0 fully saturated rings. The number of sulfone groups is 1. The topological polar surface area (TPSA) is 72.6 Å². The predicted octanol–water partition coefficient (Wildman–Crippen LogP) is 0.986. The van der Waals surface area contributed by atoms with Crippen molar-refractivity contribution < 1.29 is 13.2 Å². The zero-order chi connectivity index (χ0) is 15.6. The fourth-order valence-corrected chi connectivity index (χ4v) is 3.53. The highest BCUT2D eigenvalue weighted by Gasteiger charge is 2.29. The second-order valence-electron chi connectivity index (χ2n) is 5.81. The zero-order valence-corrected chi connectivity index (χ0v) is 13.7. The van der Waals surface area contributed by atoms with Crippen LogP contribution >= 0.6 is 0 Å². The number of hydrogen-bond acceptors (Lipinski definition) is 5. The first-order chi connectivity index (χ1) is 9.81. The van der Waals surface area contributed by atoms with Gasteiger partial charge in [0, 0.05) is 24.9 Å². The first-order valence-corrected chi connectivity index (χ1v) is 9.18. The molecule has 0 aliphatic heterocycles. The van der Waals surface area contributed by atoms with Gasteiger partial charge in [-0.3, -0.25) is 0 Å². The Bertz CT molecular complexity index is 601. The molecule has 1 aromatic carbocycles. The Morgan fingerprint density at radius 1 is 1.43 bits per heavy atom. The largest absolute Gasteiger partial charge is 0.497 e. The SMILES string of the molecule is COc1ccc2c(c1)CCC(N(C)CCS(C)(=O)=O)C2N. The van der Waals surface area contributed by atoms with Crippen LogP contribution in [0.5, 0.6) is 5.75 Å². The minimum absolute atomic E-state index is 0.0933. The van der Waals surface area contributed by atoms with Crippen LogP contribution in [0.25, 0.3) is 0 Å². The number of ether oxygens (including phenoxy) is 1. The van der Waals surface area contributed by atoms with E-state index in [4.69, 9.17) is 10.5 Å². The van der Waals surface area contributed by atoms with E-state index in [1.54, 1.807) is 7.11 Å². The van der Waals surface area contributed by atoms with Crippen LogP contribution in [0.3, 0.4) is 0 Å². The second kappa shape index (κ2) is 6.34. The lowest BCUT2D eigenvalue weighted by molar-refractivity contribution is 0.201. The summed E-state index contributed by atoms with van der Waals surface area (Å²) in [7, 11) is 0.664. The van der Waals surface area contributed by atoms with E-state index in [0.717, 1.165) is 24.2 Å². The lowest BCUT2D eigenvalue weighted by atomic mass is 9.84. The summed E-state index contributed by atoms with van der Waals surface area (Å²) >= 11 is 0. The van der Waals surface area contributed by atoms with Crippen molar-refractivity contribution in [2.45, 2.75) is 24.9 Å². The molecule has 0 heterocycles. The molecule has 5 nitrogen and oxygen atoms in total. The molecule has 0 saturated carbocycles. The fraction of sp³-hybridized carbons (Fsp3) is 0.600. The van der Waals surface area contributed by atoms with Crippen LogP contribution in [0.15, 0.2) is 18.2 Å². The van der Waals surface area contributed by atoms with Gasteiger partial charge in [0.15, 0.2) is 0 Å². The van der Waals surface area contributed by atoms with E-state index in [-0.39, 0.29) is 17.8 Å². The quantitative estimate of drug-likeness (QED) is 0.877. The molecular weight excluding hydrogens is 288 g/mol. The summed E-state index contributed by atoms with van der Waals surface area (Å²) in [5.74, 6) is 1.02. The molecule has 0 spiro atoms.